The van der Waals surface area contributed by atoms with Gasteiger partial charge in [-0.25, -0.2) is 4.98 Å². The molecule has 1 saturated heterocycles. The number of benzene rings is 2. The first kappa shape index (κ1) is 17.1. The first-order valence-corrected chi connectivity index (χ1v) is 9.08. The minimum atomic E-state index is -0.116. The van der Waals surface area contributed by atoms with Crippen LogP contribution in [0.15, 0.2) is 79.0 Å². The largest absolute Gasteiger partial charge is 0.457 e. The molecule has 5 nitrogen and oxygen atoms in total. The summed E-state index contributed by atoms with van der Waals surface area (Å²) in [5.41, 5.74) is 0.539. The highest BCUT2D eigenvalue weighted by Gasteiger charge is 2.26. The van der Waals surface area contributed by atoms with Crippen LogP contribution in [0.4, 0.5) is 5.82 Å². The Morgan fingerprint density at radius 2 is 1.78 bits per heavy atom. The molecule has 0 saturated carbocycles. The highest BCUT2D eigenvalue weighted by atomic mass is 16.5. The lowest BCUT2D eigenvalue weighted by molar-refractivity contribution is 0.0938. The summed E-state index contributed by atoms with van der Waals surface area (Å²) >= 11 is 0. The van der Waals surface area contributed by atoms with Gasteiger partial charge in [-0.3, -0.25) is 4.79 Å². The maximum absolute atomic E-state index is 12.8. The first-order valence-electron chi connectivity index (χ1n) is 9.08. The number of rotatable bonds is 5. The van der Waals surface area contributed by atoms with Crippen molar-refractivity contribution in [3.8, 4) is 11.5 Å². The third-order valence-electron chi connectivity index (χ3n) is 4.60. The Bertz CT molecular complexity index is 900. The Hall–Kier alpha value is -3.34. The molecule has 1 aliphatic heterocycles. The number of pyridine rings is 1. The standard InChI is InChI=1S/C22H21N3O2/c26-22(24-17-13-15-25(16-17)21-12-6-7-14-23-21)19-10-4-5-11-20(19)27-18-8-2-1-3-9-18/h1-12,14,17H,13,15-16H2,(H,24,26). The fraction of sp³-hybridized carbons (Fsp3) is 0.182. The fourth-order valence-electron chi connectivity index (χ4n) is 3.25. The van der Waals surface area contributed by atoms with Crippen molar-refractivity contribution in [3.63, 3.8) is 0 Å². The number of ether oxygens (including phenoxy) is 1. The Morgan fingerprint density at radius 3 is 2.59 bits per heavy atom. The van der Waals surface area contributed by atoms with E-state index in [4.69, 9.17) is 4.74 Å². The van der Waals surface area contributed by atoms with Crippen molar-refractivity contribution in [3.05, 3.63) is 84.6 Å². The highest BCUT2D eigenvalue weighted by molar-refractivity contribution is 5.97. The summed E-state index contributed by atoms with van der Waals surface area (Å²) in [5.74, 6) is 2.09. The van der Waals surface area contributed by atoms with Crippen LogP contribution in [-0.4, -0.2) is 30.0 Å². The molecule has 1 aliphatic rings. The predicted molar refractivity (Wildman–Crippen MR) is 105 cm³/mol. The number of anilines is 1. The molecule has 0 spiro atoms. The number of hydrogen-bond donors (Lipinski definition) is 1. The maximum Gasteiger partial charge on any atom is 0.255 e. The third-order valence-corrected chi connectivity index (χ3v) is 4.60. The van der Waals surface area contributed by atoms with Crippen LogP contribution in [-0.2, 0) is 0 Å². The molecule has 0 aliphatic carbocycles. The Kier molecular flexibility index (Phi) is 5.01. The monoisotopic (exact) mass is 359 g/mol. The molecule has 1 fully saturated rings. The quantitative estimate of drug-likeness (QED) is 0.751. The summed E-state index contributed by atoms with van der Waals surface area (Å²) < 4.78 is 5.90. The van der Waals surface area contributed by atoms with Crippen molar-refractivity contribution < 1.29 is 9.53 Å². The zero-order valence-corrected chi connectivity index (χ0v) is 14.9. The van der Waals surface area contributed by atoms with E-state index in [0.717, 1.165) is 25.3 Å². The van der Waals surface area contributed by atoms with Gasteiger partial charge in [-0.1, -0.05) is 36.4 Å². The molecule has 1 atom stereocenters. The van der Waals surface area contributed by atoms with E-state index >= 15 is 0 Å². The molecule has 0 radical (unpaired) electrons. The van der Waals surface area contributed by atoms with E-state index in [0.29, 0.717) is 17.1 Å². The van der Waals surface area contributed by atoms with Gasteiger partial charge < -0.3 is 15.0 Å². The molecule has 3 aromatic rings. The van der Waals surface area contributed by atoms with Crippen LogP contribution in [0.5, 0.6) is 11.5 Å². The van der Waals surface area contributed by atoms with Gasteiger partial charge in [-0.05, 0) is 42.8 Å². The lowest BCUT2D eigenvalue weighted by Gasteiger charge is -2.18. The number of amides is 1. The van der Waals surface area contributed by atoms with Crippen LogP contribution < -0.4 is 15.0 Å². The van der Waals surface area contributed by atoms with Crippen molar-refractivity contribution in [1.82, 2.24) is 10.3 Å². The number of nitrogens with one attached hydrogen (secondary N) is 1. The summed E-state index contributed by atoms with van der Waals surface area (Å²) in [7, 11) is 0. The fourth-order valence-corrected chi connectivity index (χ4v) is 3.25. The van der Waals surface area contributed by atoms with Crippen LogP contribution in [0.3, 0.4) is 0 Å². The Balaban J connectivity index is 1.43. The van der Waals surface area contributed by atoms with Gasteiger partial charge in [0.2, 0.25) is 0 Å². The molecule has 1 N–H and O–H groups in total. The molecular weight excluding hydrogens is 338 g/mol. The zero-order valence-electron chi connectivity index (χ0n) is 14.9. The lowest BCUT2D eigenvalue weighted by atomic mass is 10.1. The second-order valence-corrected chi connectivity index (χ2v) is 6.50. The molecule has 5 heteroatoms. The van der Waals surface area contributed by atoms with Gasteiger partial charge in [0.1, 0.15) is 17.3 Å². The summed E-state index contributed by atoms with van der Waals surface area (Å²) in [6.07, 6.45) is 2.68. The van der Waals surface area contributed by atoms with E-state index in [1.165, 1.54) is 0 Å². The van der Waals surface area contributed by atoms with E-state index in [2.05, 4.69) is 15.2 Å². The van der Waals surface area contributed by atoms with Gasteiger partial charge in [0.15, 0.2) is 0 Å². The smallest absolute Gasteiger partial charge is 0.255 e. The van der Waals surface area contributed by atoms with E-state index in [1.807, 2.05) is 66.7 Å². The van der Waals surface area contributed by atoms with Crippen molar-refractivity contribution in [2.24, 2.45) is 0 Å². The number of para-hydroxylation sites is 2. The molecule has 1 unspecified atom stereocenters. The van der Waals surface area contributed by atoms with Gasteiger partial charge in [0.05, 0.1) is 5.56 Å². The second kappa shape index (κ2) is 7.91. The Labute approximate surface area is 158 Å². The number of aromatic nitrogens is 1. The van der Waals surface area contributed by atoms with Gasteiger partial charge >= 0.3 is 0 Å². The van der Waals surface area contributed by atoms with E-state index in [1.54, 1.807) is 12.3 Å². The van der Waals surface area contributed by atoms with Gasteiger partial charge in [-0.15, -0.1) is 0 Å². The number of hydrogen-bond acceptors (Lipinski definition) is 4. The van der Waals surface area contributed by atoms with Crippen LogP contribution >= 0.6 is 0 Å². The van der Waals surface area contributed by atoms with E-state index < -0.39 is 0 Å². The Morgan fingerprint density at radius 1 is 1.00 bits per heavy atom. The molecule has 4 rings (SSSR count). The van der Waals surface area contributed by atoms with E-state index in [-0.39, 0.29) is 11.9 Å². The van der Waals surface area contributed by atoms with Crippen LogP contribution in [0.2, 0.25) is 0 Å². The molecule has 0 bridgehead atoms. The second-order valence-electron chi connectivity index (χ2n) is 6.50. The van der Waals surface area contributed by atoms with Gasteiger partial charge in [0.25, 0.3) is 5.91 Å². The van der Waals surface area contributed by atoms with Crippen molar-refractivity contribution in [2.75, 3.05) is 18.0 Å². The SMILES string of the molecule is O=C(NC1CCN(c2ccccn2)C1)c1ccccc1Oc1ccccc1. The van der Waals surface area contributed by atoms with Crippen molar-refractivity contribution in [2.45, 2.75) is 12.5 Å². The van der Waals surface area contributed by atoms with Crippen LogP contribution in [0, 0.1) is 0 Å². The third kappa shape index (κ3) is 4.08. The van der Waals surface area contributed by atoms with E-state index in [9.17, 15) is 4.79 Å². The average Bonchev–Trinajstić information content (AvgIpc) is 3.18. The minimum Gasteiger partial charge on any atom is -0.457 e. The minimum absolute atomic E-state index is 0.0873. The zero-order chi connectivity index (χ0) is 18.5. The first-order chi connectivity index (χ1) is 13.3. The maximum atomic E-state index is 12.8. The van der Waals surface area contributed by atoms with Crippen molar-refractivity contribution in [1.29, 1.82) is 0 Å². The summed E-state index contributed by atoms with van der Waals surface area (Å²) in [5, 5.41) is 3.13. The van der Waals surface area contributed by atoms with Crippen LogP contribution in [0.1, 0.15) is 16.8 Å². The normalized spacial score (nSPS) is 16.1. The molecule has 1 aromatic heterocycles. The van der Waals surface area contributed by atoms with Crippen molar-refractivity contribution >= 4 is 11.7 Å². The summed E-state index contributed by atoms with van der Waals surface area (Å²) in [6.45, 7) is 1.63. The molecule has 2 heterocycles. The number of carbonyl (C=O) groups excluding carboxylic acids is 1. The molecule has 1 amide bonds. The lowest BCUT2D eigenvalue weighted by Crippen LogP contribution is -2.37. The van der Waals surface area contributed by atoms with Gasteiger partial charge in [0, 0.05) is 25.3 Å². The molecular formula is C22H21N3O2. The topological polar surface area (TPSA) is 54.5 Å². The highest BCUT2D eigenvalue weighted by Crippen LogP contribution is 2.25. The number of nitrogens with zero attached hydrogens (tertiary/aromatic N) is 2. The molecule has 136 valence electrons. The van der Waals surface area contributed by atoms with Crippen LogP contribution in [0.25, 0.3) is 0 Å². The predicted octanol–water partition coefficient (Wildman–Crippen LogP) is 3.88. The van der Waals surface area contributed by atoms with Gasteiger partial charge in [-0.2, -0.15) is 0 Å². The number of carbonyl (C=O) groups is 1. The summed E-state index contributed by atoms with van der Waals surface area (Å²) in [6, 6.07) is 22.8. The average molecular weight is 359 g/mol. The molecule has 2 aromatic carbocycles. The summed E-state index contributed by atoms with van der Waals surface area (Å²) in [4.78, 5) is 19.4. The molecule has 27 heavy (non-hydrogen) atoms.